The molecule has 1 amide bonds. The Morgan fingerprint density at radius 3 is 2.34 bits per heavy atom. The zero-order chi connectivity index (χ0) is 20.3. The van der Waals surface area contributed by atoms with Crippen molar-refractivity contribution >= 4 is 33.0 Å². The van der Waals surface area contributed by atoms with E-state index in [1.165, 1.54) is 28.5 Å². The molecule has 0 radical (unpaired) electrons. The third kappa shape index (κ3) is 4.82. The smallest absolute Gasteiger partial charge is 0.252 e. The quantitative estimate of drug-likeness (QED) is 0.742. The number of thiophene rings is 1. The van der Waals surface area contributed by atoms with Crippen molar-refractivity contribution in [1.29, 1.82) is 0 Å². The molecular formula is C21H26N2O4S2. The molecule has 29 heavy (non-hydrogen) atoms. The zero-order valence-corrected chi connectivity index (χ0v) is 17.9. The fourth-order valence-corrected chi connectivity index (χ4v) is 6.57. The summed E-state index contributed by atoms with van der Waals surface area (Å²) >= 11 is 1.22. The summed E-state index contributed by atoms with van der Waals surface area (Å²) in [6, 6.07) is 10.9. The van der Waals surface area contributed by atoms with E-state index in [4.69, 9.17) is 4.74 Å². The Bertz CT molecular complexity index is 912. The molecule has 6 nitrogen and oxygen atoms in total. The van der Waals surface area contributed by atoms with E-state index < -0.39 is 10.0 Å². The first kappa shape index (κ1) is 20.4. The van der Waals surface area contributed by atoms with Crippen molar-refractivity contribution in [2.45, 2.75) is 48.8 Å². The van der Waals surface area contributed by atoms with Gasteiger partial charge in [0, 0.05) is 24.7 Å². The molecule has 8 heteroatoms. The van der Waals surface area contributed by atoms with Crippen LogP contribution in [0.5, 0.6) is 5.75 Å². The Morgan fingerprint density at radius 1 is 1.03 bits per heavy atom. The number of hydrogen-bond acceptors (Lipinski definition) is 5. The van der Waals surface area contributed by atoms with Crippen LogP contribution in [0.15, 0.2) is 46.0 Å². The van der Waals surface area contributed by atoms with Crippen molar-refractivity contribution in [2.75, 3.05) is 18.4 Å². The highest BCUT2D eigenvalue weighted by atomic mass is 32.2. The average molecular weight is 435 g/mol. The van der Waals surface area contributed by atoms with Crippen LogP contribution in [0.2, 0.25) is 0 Å². The number of sulfonamides is 1. The summed E-state index contributed by atoms with van der Waals surface area (Å²) in [6.07, 6.45) is 6.04. The third-order valence-corrected chi connectivity index (χ3v) is 8.91. The molecular weight excluding hydrogens is 408 g/mol. The van der Waals surface area contributed by atoms with Crippen molar-refractivity contribution in [3.05, 3.63) is 41.8 Å². The predicted molar refractivity (Wildman–Crippen MR) is 114 cm³/mol. The highest BCUT2D eigenvalue weighted by Gasteiger charge is 2.32. The lowest BCUT2D eigenvalue weighted by Crippen LogP contribution is -2.41. The number of carbonyl (C=O) groups is 1. The van der Waals surface area contributed by atoms with Crippen LogP contribution >= 0.6 is 11.3 Å². The molecule has 2 fully saturated rings. The second-order valence-corrected chi connectivity index (χ2v) is 10.8. The maximum atomic E-state index is 12.6. The van der Waals surface area contributed by atoms with Crippen LogP contribution in [0.1, 0.15) is 38.5 Å². The van der Waals surface area contributed by atoms with Gasteiger partial charge in [-0.05, 0) is 74.2 Å². The molecule has 0 unspecified atom stereocenters. The number of piperidine rings is 1. The molecule has 2 aliphatic rings. The molecule has 0 spiro atoms. The van der Waals surface area contributed by atoms with E-state index in [0.717, 1.165) is 24.3 Å². The number of ether oxygens (including phenoxy) is 1. The van der Waals surface area contributed by atoms with Crippen LogP contribution in [0.25, 0.3) is 0 Å². The normalized spacial score (nSPS) is 19.3. The Morgan fingerprint density at radius 2 is 1.72 bits per heavy atom. The van der Waals surface area contributed by atoms with Crippen LogP contribution < -0.4 is 10.1 Å². The number of hydrogen-bond donors (Lipinski definition) is 1. The summed E-state index contributed by atoms with van der Waals surface area (Å²) in [6.45, 7) is 0.735. The summed E-state index contributed by atoms with van der Waals surface area (Å²) in [4.78, 5) is 12.6. The van der Waals surface area contributed by atoms with Gasteiger partial charge in [-0.2, -0.15) is 4.31 Å². The van der Waals surface area contributed by atoms with Gasteiger partial charge in [0.2, 0.25) is 5.91 Å². The van der Waals surface area contributed by atoms with Crippen LogP contribution in [0.3, 0.4) is 0 Å². The van der Waals surface area contributed by atoms with E-state index in [2.05, 4.69) is 5.32 Å². The van der Waals surface area contributed by atoms with Crippen LogP contribution in [0, 0.1) is 5.92 Å². The van der Waals surface area contributed by atoms with Crippen molar-refractivity contribution in [3.63, 3.8) is 0 Å². The van der Waals surface area contributed by atoms with Gasteiger partial charge in [-0.1, -0.05) is 6.07 Å². The maximum absolute atomic E-state index is 12.6. The second-order valence-electron chi connectivity index (χ2n) is 7.65. The summed E-state index contributed by atoms with van der Waals surface area (Å²) in [5, 5.41) is 4.71. The number of nitrogens with one attached hydrogen (secondary N) is 1. The molecule has 1 saturated carbocycles. The first-order valence-electron chi connectivity index (χ1n) is 10.1. The van der Waals surface area contributed by atoms with Gasteiger partial charge in [0.1, 0.15) is 9.96 Å². The molecule has 4 rings (SSSR count). The molecule has 2 heterocycles. The maximum Gasteiger partial charge on any atom is 0.252 e. The summed E-state index contributed by atoms with van der Waals surface area (Å²) in [5.41, 5.74) is 0.738. The Balaban J connectivity index is 1.28. The fraction of sp³-hybridized carbons (Fsp3) is 0.476. The van der Waals surface area contributed by atoms with Crippen LogP contribution in [-0.4, -0.2) is 37.8 Å². The summed E-state index contributed by atoms with van der Waals surface area (Å²) in [7, 11) is -3.44. The first-order valence-corrected chi connectivity index (χ1v) is 12.5. The predicted octanol–water partition coefficient (Wildman–Crippen LogP) is 4.11. The molecule has 1 aliphatic heterocycles. The molecule has 1 aromatic heterocycles. The third-order valence-electron chi connectivity index (χ3n) is 5.64. The molecule has 156 valence electrons. The molecule has 1 aromatic carbocycles. The van der Waals surface area contributed by atoms with E-state index >= 15 is 0 Å². The number of anilines is 1. The van der Waals surface area contributed by atoms with Gasteiger partial charge in [0.15, 0.2) is 0 Å². The van der Waals surface area contributed by atoms with Gasteiger partial charge < -0.3 is 10.1 Å². The Hall–Kier alpha value is -1.90. The number of amides is 1. The summed E-state index contributed by atoms with van der Waals surface area (Å²) < 4.78 is 33.0. The molecule has 0 bridgehead atoms. The van der Waals surface area contributed by atoms with Gasteiger partial charge in [0.25, 0.3) is 10.0 Å². The molecule has 0 atom stereocenters. The number of nitrogens with zero attached hydrogens (tertiary/aromatic N) is 1. The van der Waals surface area contributed by atoms with Crippen molar-refractivity contribution in [2.24, 2.45) is 5.92 Å². The number of carbonyl (C=O) groups excluding carboxylic acids is 1. The van der Waals surface area contributed by atoms with Gasteiger partial charge in [-0.15, -0.1) is 11.3 Å². The van der Waals surface area contributed by atoms with Gasteiger partial charge in [-0.3, -0.25) is 4.79 Å². The van der Waals surface area contributed by atoms with Gasteiger partial charge in [0.05, 0.1) is 6.10 Å². The first-order chi connectivity index (χ1) is 14.0. The zero-order valence-electron chi connectivity index (χ0n) is 16.2. The van der Waals surface area contributed by atoms with Gasteiger partial charge >= 0.3 is 0 Å². The Kier molecular flexibility index (Phi) is 6.22. The van der Waals surface area contributed by atoms with Crippen molar-refractivity contribution < 1.29 is 17.9 Å². The fourth-order valence-electron chi connectivity index (χ4n) is 3.96. The lowest BCUT2D eigenvalue weighted by Gasteiger charge is -2.30. The van der Waals surface area contributed by atoms with E-state index in [9.17, 15) is 13.2 Å². The Labute approximate surface area is 175 Å². The average Bonchev–Trinajstić information content (AvgIpc) is 3.44. The minimum atomic E-state index is -3.44. The molecule has 1 N–H and O–H groups in total. The highest BCUT2D eigenvalue weighted by Crippen LogP contribution is 2.28. The van der Waals surface area contributed by atoms with Gasteiger partial charge in [-0.25, -0.2) is 8.42 Å². The standard InChI is InChI=1S/C21H26N2O4S2/c24-21(22-17-7-9-19(10-8-17)27-18-4-1-2-5-18)16-11-13-23(14-12-16)29(25,26)20-6-3-15-28-20/h3,6-10,15-16,18H,1-2,4-5,11-14H2,(H,22,24). The number of benzene rings is 1. The summed E-state index contributed by atoms with van der Waals surface area (Å²) in [5.74, 6) is 0.601. The lowest BCUT2D eigenvalue weighted by molar-refractivity contribution is -0.120. The molecule has 1 aliphatic carbocycles. The van der Waals surface area contributed by atoms with E-state index in [1.54, 1.807) is 17.5 Å². The van der Waals surface area contributed by atoms with Crippen molar-refractivity contribution in [1.82, 2.24) is 4.31 Å². The topological polar surface area (TPSA) is 75.7 Å². The van der Waals surface area contributed by atoms with E-state index in [1.807, 2.05) is 24.3 Å². The molecule has 2 aromatic rings. The second kappa shape index (κ2) is 8.85. The van der Waals surface area contributed by atoms with Crippen LogP contribution in [-0.2, 0) is 14.8 Å². The minimum absolute atomic E-state index is 0.0531. The van der Waals surface area contributed by atoms with E-state index in [0.29, 0.717) is 36.2 Å². The molecule has 1 saturated heterocycles. The monoisotopic (exact) mass is 434 g/mol. The minimum Gasteiger partial charge on any atom is -0.490 e. The van der Waals surface area contributed by atoms with Crippen molar-refractivity contribution in [3.8, 4) is 5.75 Å². The highest BCUT2D eigenvalue weighted by molar-refractivity contribution is 7.91. The van der Waals surface area contributed by atoms with E-state index in [-0.39, 0.29) is 11.8 Å². The number of rotatable bonds is 6. The lowest BCUT2D eigenvalue weighted by atomic mass is 9.97. The van der Waals surface area contributed by atoms with Crippen LogP contribution in [0.4, 0.5) is 5.69 Å². The largest absolute Gasteiger partial charge is 0.490 e. The SMILES string of the molecule is O=C(Nc1ccc(OC2CCCC2)cc1)C1CCN(S(=O)(=O)c2cccs2)CC1.